The second-order valence-electron chi connectivity index (χ2n) is 1.25. The number of nitrogen functional groups attached to an aromatic ring is 1. The van der Waals surface area contributed by atoms with Crippen molar-refractivity contribution in [3.8, 4) is 0 Å². The van der Waals surface area contributed by atoms with Crippen molar-refractivity contribution >= 4 is 22.7 Å². The van der Waals surface area contributed by atoms with E-state index in [0.29, 0.717) is 10.8 Å². The fourth-order valence-corrected chi connectivity index (χ4v) is 0.887. The lowest BCUT2D eigenvalue weighted by atomic mass is 10.6. The van der Waals surface area contributed by atoms with Gasteiger partial charge in [-0.3, -0.25) is 0 Å². The van der Waals surface area contributed by atoms with E-state index in [1.165, 1.54) is 17.6 Å². The van der Waals surface area contributed by atoms with E-state index in [1.54, 1.807) is 5.38 Å². The summed E-state index contributed by atoms with van der Waals surface area (Å²) in [4.78, 5) is 3.78. The normalized spacial score (nSPS) is 9.00. The molecule has 8 heavy (non-hydrogen) atoms. The molecular formula is C4H5N3S. The molecule has 0 aromatic carbocycles. The molecule has 0 spiro atoms. The molecule has 1 aromatic rings. The first kappa shape index (κ1) is 5.24. The summed E-state index contributed by atoms with van der Waals surface area (Å²) in [5, 5.41) is 8.98. The molecule has 0 amide bonds. The Bertz CT molecular complexity index is 193. The Hall–Kier alpha value is -0.900. The van der Waals surface area contributed by atoms with Gasteiger partial charge >= 0.3 is 0 Å². The predicted molar refractivity (Wildman–Crippen MR) is 34.4 cm³/mol. The van der Waals surface area contributed by atoms with Gasteiger partial charge in [-0.1, -0.05) is 0 Å². The van der Waals surface area contributed by atoms with Gasteiger partial charge in [0.15, 0.2) is 5.13 Å². The third-order valence-electron chi connectivity index (χ3n) is 0.688. The number of anilines is 1. The number of hydrogen-bond acceptors (Lipinski definition) is 4. The summed E-state index contributed by atoms with van der Waals surface area (Å²) in [7, 11) is 0. The SMILES string of the molecule is N=Cc1csc(N)n1. The minimum atomic E-state index is 0.517. The molecule has 0 aliphatic rings. The van der Waals surface area contributed by atoms with Crippen LogP contribution in [0.1, 0.15) is 5.69 Å². The zero-order chi connectivity index (χ0) is 5.98. The molecule has 0 atom stereocenters. The van der Waals surface area contributed by atoms with E-state index in [4.69, 9.17) is 11.1 Å². The fourth-order valence-electron chi connectivity index (χ4n) is 0.367. The Morgan fingerprint density at radius 2 is 2.62 bits per heavy atom. The molecule has 1 aromatic heterocycles. The largest absolute Gasteiger partial charge is 0.375 e. The average Bonchev–Trinajstić information content (AvgIpc) is 2.14. The second-order valence-corrected chi connectivity index (χ2v) is 2.14. The van der Waals surface area contributed by atoms with Gasteiger partial charge in [-0.2, -0.15) is 0 Å². The van der Waals surface area contributed by atoms with E-state index in [9.17, 15) is 0 Å². The molecular weight excluding hydrogens is 122 g/mol. The molecule has 1 rings (SSSR count). The van der Waals surface area contributed by atoms with Crippen LogP contribution in [0, 0.1) is 5.41 Å². The maximum absolute atomic E-state index is 6.72. The quantitative estimate of drug-likeness (QED) is 0.546. The van der Waals surface area contributed by atoms with Crippen LogP contribution in [0.15, 0.2) is 5.38 Å². The van der Waals surface area contributed by atoms with E-state index < -0.39 is 0 Å². The van der Waals surface area contributed by atoms with Crippen LogP contribution in [0.25, 0.3) is 0 Å². The lowest BCUT2D eigenvalue weighted by Gasteiger charge is -1.73. The van der Waals surface area contributed by atoms with Crippen LogP contribution in [0.4, 0.5) is 5.13 Å². The molecule has 0 saturated heterocycles. The van der Waals surface area contributed by atoms with Crippen LogP contribution in [-0.4, -0.2) is 11.2 Å². The summed E-state index contributed by atoms with van der Waals surface area (Å²) in [5.41, 5.74) is 5.89. The van der Waals surface area contributed by atoms with E-state index >= 15 is 0 Å². The minimum Gasteiger partial charge on any atom is -0.375 e. The van der Waals surface area contributed by atoms with Crippen molar-refractivity contribution in [1.82, 2.24) is 4.98 Å². The van der Waals surface area contributed by atoms with Gasteiger partial charge in [-0.25, -0.2) is 4.98 Å². The van der Waals surface area contributed by atoms with Crippen molar-refractivity contribution in [2.45, 2.75) is 0 Å². The first-order valence-corrected chi connectivity index (χ1v) is 2.92. The smallest absolute Gasteiger partial charge is 0.180 e. The molecule has 4 heteroatoms. The molecule has 3 N–H and O–H groups in total. The highest BCUT2D eigenvalue weighted by molar-refractivity contribution is 7.13. The number of hydrogen-bond donors (Lipinski definition) is 2. The predicted octanol–water partition coefficient (Wildman–Crippen LogP) is 0.723. The van der Waals surface area contributed by atoms with Crippen molar-refractivity contribution in [3.63, 3.8) is 0 Å². The van der Waals surface area contributed by atoms with E-state index in [1.807, 2.05) is 0 Å². The lowest BCUT2D eigenvalue weighted by molar-refractivity contribution is 1.38. The molecule has 0 aliphatic carbocycles. The van der Waals surface area contributed by atoms with Gasteiger partial charge in [0.2, 0.25) is 0 Å². The Morgan fingerprint density at radius 1 is 1.88 bits per heavy atom. The first-order valence-electron chi connectivity index (χ1n) is 2.04. The van der Waals surface area contributed by atoms with Crippen LogP contribution in [0.3, 0.4) is 0 Å². The van der Waals surface area contributed by atoms with Gasteiger partial charge in [0.1, 0.15) is 0 Å². The van der Waals surface area contributed by atoms with Crippen LogP contribution in [-0.2, 0) is 0 Å². The van der Waals surface area contributed by atoms with Crippen molar-refractivity contribution in [1.29, 1.82) is 5.41 Å². The van der Waals surface area contributed by atoms with Gasteiger partial charge < -0.3 is 11.1 Å². The standard InChI is InChI=1S/C4H5N3S/c5-1-3-2-8-4(6)7-3/h1-2,5H,(H2,6,7). The number of thiazole rings is 1. The van der Waals surface area contributed by atoms with Crippen molar-refractivity contribution < 1.29 is 0 Å². The maximum atomic E-state index is 6.72. The molecule has 42 valence electrons. The number of aromatic nitrogens is 1. The number of nitrogens with one attached hydrogen (secondary N) is 1. The molecule has 0 radical (unpaired) electrons. The summed E-state index contributed by atoms with van der Waals surface area (Å²) < 4.78 is 0. The van der Waals surface area contributed by atoms with Crippen molar-refractivity contribution in [2.24, 2.45) is 0 Å². The highest BCUT2D eigenvalue weighted by Gasteiger charge is 1.90. The Morgan fingerprint density at radius 3 is 2.88 bits per heavy atom. The number of nitrogens with two attached hydrogens (primary N) is 1. The highest BCUT2D eigenvalue weighted by atomic mass is 32.1. The van der Waals surface area contributed by atoms with Crippen LogP contribution >= 0.6 is 11.3 Å². The van der Waals surface area contributed by atoms with Crippen LogP contribution < -0.4 is 5.73 Å². The third kappa shape index (κ3) is 0.840. The first-order chi connectivity index (χ1) is 3.83. The zero-order valence-electron chi connectivity index (χ0n) is 4.09. The molecule has 0 saturated carbocycles. The average molecular weight is 127 g/mol. The lowest BCUT2D eigenvalue weighted by Crippen LogP contribution is -1.83. The van der Waals surface area contributed by atoms with E-state index in [2.05, 4.69) is 4.98 Å². The fraction of sp³-hybridized carbons (Fsp3) is 0. The molecule has 0 unspecified atom stereocenters. The van der Waals surface area contributed by atoms with Crippen LogP contribution in [0.2, 0.25) is 0 Å². The summed E-state index contributed by atoms with van der Waals surface area (Å²) >= 11 is 1.34. The summed E-state index contributed by atoms with van der Waals surface area (Å²) in [6.07, 6.45) is 1.17. The van der Waals surface area contributed by atoms with Gasteiger partial charge in [0.05, 0.1) is 5.69 Å². The van der Waals surface area contributed by atoms with E-state index in [-0.39, 0.29) is 0 Å². The summed E-state index contributed by atoms with van der Waals surface area (Å²) in [5.74, 6) is 0. The Kier molecular flexibility index (Phi) is 1.26. The summed E-state index contributed by atoms with van der Waals surface area (Å²) in [6.45, 7) is 0. The third-order valence-corrected chi connectivity index (χ3v) is 1.38. The summed E-state index contributed by atoms with van der Waals surface area (Å²) in [6, 6.07) is 0. The minimum absolute atomic E-state index is 0.517. The topological polar surface area (TPSA) is 62.8 Å². The number of nitrogens with zero attached hydrogens (tertiary/aromatic N) is 1. The number of rotatable bonds is 1. The second kappa shape index (κ2) is 1.92. The van der Waals surface area contributed by atoms with Crippen molar-refractivity contribution in [2.75, 3.05) is 5.73 Å². The molecule has 1 heterocycles. The van der Waals surface area contributed by atoms with E-state index in [0.717, 1.165) is 0 Å². The van der Waals surface area contributed by atoms with Gasteiger partial charge in [0, 0.05) is 11.6 Å². The Balaban J connectivity index is 3.00. The van der Waals surface area contributed by atoms with Gasteiger partial charge in [0.25, 0.3) is 0 Å². The van der Waals surface area contributed by atoms with Gasteiger partial charge in [-0.05, 0) is 0 Å². The molecule has 0 fully saturated rings. The zero-order valence-corrected chi connectivity index (χ0v) is 4.90. The highest BCUT2D eigenvalue weighted by Crippen LogP contribution is 2.07. The monoisotopic (exact) mass is 127 g/mol. The molecule has 0 aliphatic heterocycles. The molecule has 0 bridgehead atoms. The maximum Gasteiger partial charge on any atom is 0.180 e. The van der Waals surface area contributed by atoms with Crippen molar-refractivity contribution in [3.05, 3.63) is 11.1 Å². The molecule has 3 nitrogen and oxygen atoms in total. The van der Waals surface area contributed by atoms with Crippen LogP contribution in [0.5, 0.6) is 0 Å². The Labute approximate surface area is 50.7 Å². The van der Waals surface area contributed by atoms with Gasteiger partial charge in [-0.15, -0.1) is 11.3 Å².